The molecule has 120 valence electrons. The van der Waals surface area contributed by atoms with E-state index in [0.717, 1.165) is 5.69 Å². The third kappa shape index (κ3) is 3.96. The van der Waals surface area contributed by atoms with E-state index >= 15 is 0 Å². The molecular formula is C16H22N2O4. The van der Waals surface area contributed by atoms with Gasteiger partial charge in [-0.1, -0.05) is 6.07 Å². The van der Waals surface area contributed by atoms with Crippen molar-refractivity contribution in [2.45, 2.75) is 45.3 Å². The molecule has 1 aromatic heterocycles. The van der Waals surface area contributed by atoms with Crippen LogP contribution < -0.4 is 0 Å². The van der Waals surface area contributed by atoms with Crippen molar-refractivity contribution in [1.82, 2.24) is 9.88 Å². The van der Waals surface area contributed by atoms with E-state index in [1.165, 1.54) is 4.90 Å². The van der Waals surface area contributed by atoms with Gasteiger partial charge in [-0.05, 0) is 51.7 Å². The number of carbonyl (C=O) groups is 2. The molecule has 1 aromatic rings. The lowest BCUT2D eigenvalue weighted by Crippen LogP contribution is -2.45. The Bertz CT molecular complexity index is 539. The van der Waals surface area contributed by atoms with Crippen LogP contribution in [0, 0.1) is 5.92 Å². The number of likely N-dealkylation sites (tertiary alicyclic amines) is 1. The Hall–Kier alpha value is -2.11. The third-order valence-electron chi connectivity index (χ3n) is 3.60. The molecule has 6 nitrogen and oxygen atoms in total. The van der Waals surface area contributed by atoms with Crippen LogP contribution in [0.25, 0.3) is 0 Å². The first-order chi connectivity index (χ1) is 10.3. The van der Waals surface area contributed by atoms with Gasteiger partial charge in [0, 0.05) is 18.4 Å². The van der Waals surface area contributed by atoms with Crippen LogP contribution in [0.15, 0.2) is 24.4 Å². The van der Waals surface area contributed by atoms with Crippen molar-refractivity contribution in [3.8, 4) is 0 Å². The van der Waals surface area contributed by atoms with Gasteiger partial charge in [-0.2, -0.15) is 0 Å². The van der Waals surface area contributed by atoms with Crippen molar-refractivity contribution in [3.05, 3.63) is 30.1 Å². The summed E-state index contributed by atoms with van der Waals surface area (Å²) in [5.41, 5.74) is 0.198. The number of rotatable bonds is 3. The van der Waals surface area contributed by atoms with Crippen LogP contribution in [-0.4, -0.2) is 45.2 Å². The van der Waals surface area contributed by atoms with E-state index in [9.17, 15) is 14.7 Å². The number of ether oxygens (including phenoxy) is 1. The number of carboxylic acids is 1. The first-order valence-electron chi connectivity index (χ1n) is 7.40. The molecule has 0 radical (unpaired) electrons. The van der Waals surface area contributed by atoms with Gasteiger partial charge >= 0.3 is 12.1 Å². The molecule has 0 saturated carbocycles. The van der Waals surface area contributed by atoms with Crippen LogP contribution in [0.1, 0.15) is 32.9 Å². The topological polar surface area (TPSA) is 79.7 Å². The van der Waals surface area contributed by atoms with Crippen LogP contribution in [0.3, 0.4) is 0 Å². The smallest absolute Gasteiger partial charge is 0.411 e. The Kier molecular flexibility index (Phi) is 4.68. The van der Waals surface area contributed by atoms with Gasteiger partial charge in [0.15, 0.2) is 0 Å². The van der Waals surface area contributed by atoms with Crippen LogP contribution in [-0.2, 0) is 16.0 Å². The van der Waals surface area contributed by atoms with Crippen molar-refractivity contribution in [1.29, 1.82) is 0 Å². The van der Waals surface area contributed by atoms with Gasteiger partial charge in [-0.25, -0.2) is 9.59 Å². The summed E-state index contributed by atoms with van der Waals surface area (Å²) < 4.78 is 5.31. The Morgan fingerprint density at radius 3 is 2.68 bits per heavy atom. The molecule has 1 saturated heterocycles. The van der Waals surface area contributed by atoms with Gasteiger partial charge in [0.2, 0.25) is 0 Å². The molecule has 1 fully saturated rings. The number of amides is 1. The molecule has 2 rings (SSSR count). The number of aromatic nitrogens is 1. The molecule has 2 atom stereocenters. The van der Waals surface area contributed by atoms with Crippen molar-refractivity contribution in [2.24, 2.45) is 5.92 Å². The van der Waals surface area contributed by atoms with E-state index in [0.29, 0.717) is 19.4 Å². The largest absolute Gasteiger partial charge is 0.480 e. The number of hydrogen-bond donors (Lipinski definition) is 1. The number of aliphatic carboxylic acids is 1. The maximum Gasteiger partial charge on any atom is 0.411 e. The van der Waals surface area contributed by atoms with Gasteiger partial charge in [0.1, 0.15) is 11.6 Å². The van der Waals surface area contributed by atoms with Gasteiger partial charge in [-0.3, -0.25) is 9.88 Å². The minimum absolute atomic E-state index is 0.153. The molecule has 2 heterocycles. The lowest BCUT2D eigenvalue weighted by atomic mass is 9.94. The van der Waals surface area contributed by atoms with Crippen molar-refractivity contribution in [3.63, 3.8) is 0 Å². The van der Waals surface area contributed by atoms with Gasteiger partial charge in [0.25, 0.3) is 0 Å². The first kappa shape index (κ1) is 16.3. The van der Waals surface area contributed by atoms with Crippen LogP contribution >= 0.6 is 0 Å². The Morgan fingerprint density at radius 2 is 2.14 bits per heavy atom. The zero-order valence-corrected chi connectivity index (χ0v) is 13.2. The molecule has 0 aliphatic carbocycles. The van der Waals surface area contributed by atoms with Gasteiger partial charge in [-0.15, -0.1) is 0 Å². The lowest BCUT2D eigenvalue weighted by molar-refractivity contribution is -0.143. The maximum atomic E-state index is 12.2. The highest BCUT2D eigenvalue weighted by molar-refractivity contribution is 5.81. The molecule has 1 aliphatic heterocycles. The Labute approximate surface area is 130 Å². The third-order valence-corrected chi connectivity index (χ3v) is 3.60. The molecule has 1 N–H and O–H groups in total. The highest BCUT2D eigenvalue weighted by Crippen LogP contribution is 2.29. The molecule has 0 bridgehead atoms. The number of carbonyl (C=O) groups excluding carboxylic acids is 1. The summed E-state index contributed by atoms with van der Waals surface area (Å²) in [5.74, 6) is -1.15. The fourth-order valence-corrected chi connectivity index (χ4v) is 2.72. The number of pyridine rings is 1. The molecule has 0 aromatic carbocycles. The average Bonchev–Trinajstić information content (AvgIpc) is 2.82. The molecule has 1 amide bonds. The molecule has 0 unspecified atom stereocenters. The van der Waals surface area contributed by atoms with E-state index in [1.54, 1.807) is 27.0 Å². The van der Waals surface area contributed by atoms with Crippen molar-refractivity contribution in [2.75, 3.05) is 6.54 Å². The number of carboxylic acid groups (broad SMARTS) is 1. The van der Waals surface area contributed by atoms with E-state index in [4.69, 9.17) is 4.74 Å². The summed E-state index contributed by atoms with van der Waals surface area (Å²) >= 11 is 0. The SMILES string of the molecule is CC(C)(C)OC(=O)N1CC[C@@H](Cc2ccccn2)[C@H]1C(=O)O. The summed E-state index contributed by atoms with van der Waals surface area (Å²) in [7, 11) is 0. The van der Waals surface area contributed by atoms with E-state index in [-0.39, 0.29) is 5.92 Å². The lowest BCUT2D eigenvalue weighted by Gasteiger charge is -2.28. The quantitative estimate of drug-likeness (QED) is 0.927. The Morgan fingerprint density at radius 1 is 1.41 bits per heavy atom. The fraction of sp³-hybridized carbons (Fsp3) is 0.562. The highest BCUT2D eigenvalue weighted by atomic mass is 16.6. The summed E-state index contributed by atoms with van der Waals surface area (Å²) in [4.78, 5) is 29.4. The number of hydrogen-bond acceptors (Lipinski definition) is 4. The predicted molar refractivity (Wildman–Crippen MR) is 80.4 cm³/mol. The second-order valence-corrected chi connectivity index (χ2v) is 6.53. The molecule has 0 spiro atoms. The van der Waals surface area contributed by atoms with Crippen LogP contribution in [0.2, 0.25) is 0 Å². The van der Waals surface area contributed by atoms with Crippen molar-refractivity contribution < 1.29 is 19.4 Å². The summed E-state index contributed by atoms with van der Waals surface area (Å²) in [6, 6.07) is 4.70. The normalized spacial score (nSPS) is 21.7. The molecular weight excluding hydrogens is 284 g/mol. The van der Waals surface area contributed by atoms with Crippen LogP contribution in [0.4, 0.5) is 4.79 Å². The second-order valence-electron chi connectivity index (χ2n) is 6.53. The van der Waals surface area contributed by atoms with Gasteiger partial charge < -0.3 is 9.84 Å². The average molecular weight is 306 g/mol. The number of nitrogens with zero attached hydrogens (tertiary/aromatic N) is 2. The Balaban J connectivity index is 2.11. The zero-order valence-electron chi connectivity index (χ0n) is 13.2. The maximum absolute atomic E-state index is 12.2. The second kappa shape index (κ2) is 6.34. The van der Waals surface area contributed by atoms with E-state index < -0.39 is 23.7 Å². The van der Waals surface area contributed by atoms with Crippen LogP contribution in [0.5, 0.6) is 0 Å². The molecule has 1 aliphatic rings. The monoisotopic (exact) mass is 306 g/mol. The summed E-state index contributed by atoms with van der Waals surface area (Å²) in [6.45, 7) is 5.69. The summed E-state index contributed by atoms with van der Waals surface area (Å²) in [6.07, 6.45) is 2.29. The van der Waals surface area contributed by atoms with Gasteiger partial charge in [0.05, 0.1) is 0 Å². The minimum Gasteiger partial charge on any atom is -0.480 e. The zero-order chi connectivity index (χ0) is 16.3. The molecule has 6 heteroatoms. The fourth-order valence-electron chi connectivity index (χ4n) is 2.72. The summed E-state index contributed by atoms with van der Waals surface area (Å²) in [5, 5.41) is 9.51. The van der Waals surface area contributed by atoms with E-state index in [2.05, 4.69) is 4.98 Å². The molecule has 22 heavy (non-hydrogen) atoms. The standard InChI is InChI=1S/C16H22N2O4/c1-16(2,3)22-15(21)18-9-7-11(13(18)14(19)20)10-12-6-4-5-8-17-12/h4-6,8,11,13H,7,9-10H2,1-3H3,(H,19,20)/t11-,13-/m0/s1. The van der Waals surface area contributed by atoms with Crippen molar-refractivity contribution >= 4 is 12.1 Å². The first-order valence-corrected chi connectivity index (χ1v) is 7.40. The highest BCUT2D eigenvalue weighted by Gasteiger charge is 2.43. The predicted octanol–water partition coefficient (Wildman–Crippen LogP) is 2.33. The minimum atomic E-state index is -0.996. The van der Waals surface area contributed by atoms with E-state index in [1.807, 2.05) is 18.2 Å².